The first-order valence-corrected chi connectivity index (χ1v) is 5.22. The molecule has 86 valence electrons. The highest BCUT2D eigenvalue weighted by Gasteiger charge is 2.45. The van der Waals surface area contributed by atoms with Gasteiger partial charge in [-0.1, -0.05) is 6.07 Å². The molecule has 0 atom stereocenters. The lowest BCUT2D eigenvalue weighted by molar-refractivity contribution is -0.122. The molecule has 3 nitrogen and oxygen atoms in total. The monoisotopic (exact) mass is 223 g/mol. The lowest BCUT2D eigenvalue weighted by Gasteiger charge is -2.19. The van der Waals surface area contributed by atoms with Gasteiger partial charge in [0.1, 0.15) is 5.82 Å². The van der Waals surface area contributed by atoms with Crippen LogP contribution in [0.2, 0.25) is 0 Å². The Morgan fingerprint density at radius 3 is 2.75 bits per heavy atom. The van der Waals surface area contributed by atoms with Crippen molar-refractivity contribution in [3.63, 3.8) is 0 Å². The first kappa shape index (κ1) is 11.1. The fraction of sp³-hybridized carbons (Fsp3) is 0.417. The van der Waals surface area contributed by atoms with E-state index >= 15 is 0 Å². The Morgan fingerprint density at radius 1 is 1.44 bits per heavy atom. The van der Waals surface area contributed by atoms with Crippen molar-refractivity contribution >= 4 is 11.6 Å². The molecule has 0 fully saturated rings. The Bertz CT molecular complexity index is 443. The SMILES string of the molecule is CC1(C)C(=O)N(CCO)c2cccc(F)c21. The van der Waals surface area contributed by atoms with Crippen molar-refractivity contribution in [1.29, 1.82) is 0 Å². The Hall–Kier alpha value is -1.42. The lowest BCUT2D eigenvalue weighted by atomic mass is 9.86. The van der Waals surface area contributed by atoms with Gasteiger partial charge in [0.2, 0.25) is 5.91 Å². The molecule has 16 heavy (non-hydrogen) atoms. The number of hydrogen-bond acceptors (Lipinski definition) is 2. The number of benzene rings is 1. The van der Waals surface area contributed by atoms with Crippen LogP contribution in [0.1, 0.15) is 19.4 Å². The van der Waals surface area contributed by atoms with E-state index in [1.165, 1.54) is 11.0 Å². The summed E-state index contributed by atoms with van der Waals surface area (Å²) in [5.74, 6) is -0.530. The van der Waals surface area contributed by atoms with Crippen LogP contribution in [-0.2, 0) is 10.2 Å². The number of halogens is 1. The van der Waals surface area contributed by atoms with Crippen molar-refractivity contribution in [2.24, 2.45) is 0 Å². The molecule has 4 heteroatoms. The van der Waals surface area contributed by atoms with Crippen LogP contribution >= 0.6 is 0 Å². The zero-order valence-corrected chi connectivity index (χ0v) is 9.33. The van der Waals surface area contributed by atoms with Gasteiger partial charge in [0.05, 0.1) is 17.7 Å². The Morgan fingerprint density at radius 2 is 2.12 bits per heavy atom. The van der Waals surface area contributed by atoms with Crippen molar-refractivity contribution < 1.29 is 14.3 Å². The number of β-amino-alcohol motifs (C(OH)–C–C–N with tert-alkyl or cyclic N) is 1. The molecule has 0 aliphatic carbocycles. The summed E-state index contributed by atoms with van der Waals surface area (Å²) < 4.78 is 13.7. The summed E-state index contributed by atoms with van der Waals surface area (Å²) in [4.78, 5) is 13.5. The van der Waals surface area contributed by atoms with Gasteiger partial charge in [0.25, 0.3) is 0 Å². The maximum absolute atomic E-state index is 13.7. The lowest BCUT2D eigenvalue weighted by Crippen LogP contribution is -2.37. The summed E-state index contributed by atoms with van der Waals surface area (Å²) in [7, 11) is 0. The molecule has 0 bridgehead atoms. The Kier molecular flexibility index (Phi) is 2.46. The molecule has 0 radical (unpaired) electrons. The van der Waals surface area contributed by atoms with Crippen molar-refractivity contribution in [3.05, 3.63) is 29.6 Å². The number of aliphatic hydroxyl groups excluding tert-OH is 1. The minimum absolute atomic E-state index is 0.127. The third-order valence-corrected chi connectivity index (χ3v) is 3.01. The normalized spacial score (nSPS) is 17.8. The van der Waals surface area contributed by atoms with E-state index in [0.717, 1.165) is 0 Å². The number of anilines is 1. The molecule has 1 aliphatic heterocycles. The van der Waals surface area contributed by atoms with E-state index < -0.39 is 5.41 Å². The molecule has 1 aromatic carbocycles. The van der Waals surface area contributed by atoms with E-state index in [4.69, 9.17) is 5.11 Å². The smallest absolute Gasteiger partial charge is 0.237 e. The summed E-state index contributed by atoms with van der Waals surface area (Å²) in [5.41, 5.74) is 0.146. The molecule has 1 N–H and O–H groups in total. The topological polar surface area (TPSA) is 40.5 Å². The van der Waals surface area contributed by atoms with Gasteiger partial charge < -0.3 is 10.0 Å². The highest BCUT2D eigenvalue weighted by atomic mass is 19.1. The van der Waals surface area contributed by atoms with Crippen molar-refractivity contribution in [2.45, 2.75) is 19.3 Å². The third-order valence-electron chi connectivity index (χ3n) is 3.01. The number of hydrogen-bond donors (Lipinski definition) is 1. The van der Waals surface area contributed by atoms with Gasteiger partial charge >= 0.3 is 0 Å². The number of carbonyl (C=O) groups excluding carboxylic acids is 1. The van der Waals surface area contributed by atoms with Crippen molar-refractivity contribution in [1.82, 2.24) is 0 Å². The second-order valence-electron chi connectivity index (χ2n) is 4.44. The first-order valence-electron chi connectivity index (χ1n) is 5.22. The number of rotatable bonds is 2. The van der Waals surface area contributed by atoms with E-state index in [1.807, 2.05) is 0 Å². The second-order valence-corrected chi connectivity index (χ2v) is 4.44. The van der Waals surface area contributed by atoms with E-state index in [2.05, 4.69) is 0 Å². The first-order chi connectivity index (χ1) is 7.50. The maximum atomic E-state index is 13.7. The fourth-order valence-electron chi connectivity index (χ4n) is 2.23. The van der Waals surface area contributed by atoms with E-state index in [-0.39, 0.29) is 24.9 Å². The third kappa shape index (κ3) is 1.33. The van der Waals surface area contributed by atoms with Crippen molar-refractivity contribution in [2.75, 3.05) is 18.1 Å². The van der Waals surface area contributed by atoms with Gasteiger partial charge in [-0.15, -0.1) is 0 Å². The summed E-state index contributed by atoms with van der Waals surface area (Å²) in [6, 6.07) is 4.64. The summed E-state index contributed by atoms with van der Waals surface area (Å²) in [5, 5.41) is 8.92. The number of nitrogens with zero attached hydrogens (tertiary/aromatic N) is 1. The molecule has 0 saturated carbocycles. The minimum Gasteiger partial charge on any atom is -0.395 e. The van der Waals surface area contributed by atoms with Crippen LogP contribution in [-0.4, -0.2) is 24.2 Å². The van der Waals surface area contributed by atoms with Crippen LogP contribution in [0, 0.1) is 5.82 Å². The molecular weight excluding hydrogens is 209 g/mol. The van der Waals surface area contributed by atoms with Gasteiger partial charge in [-0.25, -0.2) is 4.39 Å². The largest absolute Gasteiger partial charge is 0.395 e. The number of carbonyl (C=O) groups is 1. The number of fused-ring (bicyclic) bond motifs is 1. The van der Waals surface area contributed by atoms with Crippen LogP contribution in [0.15, 0.2) is 18.2 Å². The quantitative estimate of drug-likeness (QED) is 0.824. The standard InChI is InChI=1S/C12H14FNO2/c1-12(2)10-8(13)4-3-5-9(10)14(6-7-15)11(12)16/h3-5,15H,6-7H2,1-2H3. The Balaban J connectivity index is 2.60. The highest BCUT2D eigenvalue weighted by molar-refractivity contribution is 6.07. The molecule has 0 unspecified atom stereocenters. The van der Waals surface area contributed by atoms with Gasteiger partial charge in [0.15, 0.2) is 0 Å². The zero-order valence-electron chi connectivity index (χ0n) is 9.33. The second kappa shape index (κ2) is 3.56. The molecule has 1 heterocycles. The molecule has 1 amide bonds. The molecule has 2 rings (SSSR count). The fourth-order valence-corrected chi connectivity index (χ4v) is 2.23. The average Bonchev–Trinajstić information content (AvgIpc) is 2.41. The molecule has 0 spiro atoms. The van der Waals surface area contributed by atoms with Crippen LogP contribution in [0.3, 0.4) is 0 Å². The number of amides is 1. The van der Waals surface area contributed by atoms with E-state index in [9.17, 15) is 9.18 Å². The summed E-state index contributed by atoms with van der Waals surface area (Å²) >= 11 is 0. The minimum atomic E-state index is -0.851. The van der Waals surface area contributed by atoms with Gasteiger partial charge in [0, 0.05) is 12.1 Å². The molecule has 1 aliphatic rings. The van der Waals surface area contributed by atoms with Gasteiger partial charge in [-0.05, 0) is 26.0 Å². The zero-order chi connectivity index (χ0) is 11.9. The van der Waals surface area contributed by atoms with Crippen LogP contribution < -0.4 is 4.90 Å². The van der Waals surface area contributed by atoms with E-state index in [0.29, 0.717) is 11.3 Å². The molecular formula is C12H14FNO2. The van der Waals surface area contributed by atoms with Gasteiger partial charge in [-0.3, -0.25) is 4.79 Å². The predicted molar refractivity (Wildman–Crippen MR) is 58.9 cm³/mol. The van der Waals surface area contributed by atoms with Crippen LogP contribution in [0.5, 0.6) is 0 Å². The van der Waals surface area contributed by atoms with Crippen LogP contribution in [0.25, 0.3) is 0 Å². The molecule has 0 aromatic heterocycles. The summed E-state index contributed by atoms with van der Waals surface area (Å²) in [6.45, 7) is 3.49. The average molecular weight is 223 g/mol. The Labute approximate surface area is 93.5 Å². The summed E-state index contributed by atoms with van der Waals surface area (Å²) in [6.07, 6.45) is 0. The maximum Gasteiger partial charge on any atom is 0.237 e. The van der Waals surface area contributed by atoms with E-state index in [1.54, 1.807) is 26.0 Å². The van der Waals surface area contributed by atoms with Crippen molar-refractivity contribution in [3.8, 4) is 0 Å². The molecule has 0 saturated heterocycles. The molecule has 1 aromatic rings. The van der Waals surface area contributed by atoms with Gasteiger partial charge in [-0.2, -0.15) is 0 Å². The van der Waals surface area contributed by atoms with Crippen LogP contribution in [0.4, 0.5) is 10.1 Å². The highest BCUT2D eigenvalue weighted by Crippen LogP contribution is 2.42. The predicted octanol–water partition coefficient (Wildman–Crippen LogP) is 1.44. The number of aliphatic hydroxyl groups is 1.